The third-order valence-electron chi connectivity index (χ3n) is 5.25. The maximum absolute atomic E-state index is 12.1. The normalized spacial score (nSPS) is 12.6. The number of fused-ring (bicyclic) bond motifs is 1. The van der Waals surface area contributed by atoms with Crippen molar-refractivity contribution >= 4 is 23.3 Å². The lowest BCUT2D eigenvalue weighted by Crippen LogP contribution is -2.23. The molecule has 0 N–H and O–H groups in total. The van der Waals surface area contributed by atoms with E-state index in [2.05, 4.69) is 15.3 Å². The summed E-state index contributed by atoms with van der Waals surface area (Å²) in [6, 6.07) is 11.5. The quantitative estimate of drug-likeness (QED) is 0.324. The summed E-state index contributed by atoms with van der Waals surface area (Å²) in [5, 5.41) is 13.8. The highest BCUT2D eigenvalue weighted by molar-refractivity contribution is 5.92. The monoisotopic (exact) mass is 431 g/mol. The van der Waals surface area contributed by atoms with E-state index in [-0.39, 0.29) is 18.7 Å². The van der Waals surface area contributed by atoms with Gasteiger partial charge in [0.15, 0.2) is 12.4 Å². The summed E-state index contributed by atoms with van der Waals surface area (Å²) in [7, 11) is 0. The third kappa shape index (κ3) is 4.30. The van der Waals surface area contributed by atoms with Crippen molar-refractivity contribution < 1.29 is 14.3 Å². The molecule has 164 valence electrons. The number of hydrogen-bond donors (Lipinski definition) is 0. The van der Waals surface area contributed by atoms with E-state index in [0.29, 0.717) is 12.1 Å². The zero-order valence-corrected chi connectivity index (χ0v) is 18.3. The molecule has 3 heterocycles. The lowest BCUT2D eigenvalue weighted by molar-refractivity contribution is -0.156. The van der Waals surface area contributed by atoms with Crippen LogP contribution in [0.1, 0.15) is 38.8 Å². The van der Waals surface area contributed by atoms with Crippen molar-refractivity contribution in [3.05, 3.63) is 66.7 Å². The maximum atomic E-state index is 12.1. The number of esters is 1. The lowest BCUT2D eigenvalue weighted by Gasteiger charge is -2.16. The fourth-order valence-electron chi connectivity index (χ4n) is 3.49. The molecule has 4 rings (SSSR count). The zero-order valence-electron chi connectivity index (χ0n) is 18.3. The van der Waals surface area contributed by atoms with Gasteiger partial charge in [0.1, 0.15) is 6.29 Å². The van der Waals surface area contributed by atoms with Gasteiger partial charge in [0.25, 0.3) is 0 Å². The number of aromatic nitrogens is 5. The summed E-state index contributed by atoms with van der Waals surface area (Å²) in [5.74, 6) is -0.285. The van der Waals surface area contributed by atoms with Gasteiger partial charge >= 0.3 is 5.97 Å². The van der Waals surface area contributed by atoms with E-state index in [1.54, 1.807) is 21.6 Å². The van der Waals surface area contributed by atoms with Crippen LogP contribution in [0.15, 0.2) is 61.2 Å². The molecule has 0 spiro atoms. The number of carbonyl (C=O) groups excluding carboxylic acids is 2. The SMILES string of the molecule is CC(C)(C)C(=O)OCn1ccc2c(-c3cnn([C@H](CC=O)c4ccccc4)c3)cnnc21. The molecule has 0 saturated heterocycles. The highest BCUT2D eigenvalue weighted by Crippen LogP contribution is 2.29. The van der Waals surface area contributed by atoms with Crippen molar-refractivity contribution in [1.82, 2.24) is 24.5 Å². The van der Waals surface area contributed by atoms with Crippen LogP contribution in [0.3, 0.4) is 0 Å². The summed E-state index contributed by atoms with van der Waals surface area (Å²) in [5.41, 5.74) is 2.77. The molecule has 8 nitrogen and oxygen atoms in total. The van der Waals surface area contributed by atoms with Crippen molar-refractivity contribution in [3.8, 4) is 11.1 Å². The molecule has 0 radical (unpaired) electrons. The first-order chi connectivity index (χ1) is 15.4. The molecule has 0 bridgehead atoms. The van der Waals surface area contributed by atoms with Gasteiger partial charge in [0, 0.05) is 35.3 Å². The van der Waals surface area contributed by atoms with E-state index in [1.165, 1.54) is 0 Å². The van der Waals surface area contributed by atoms with E-state index in [0.717, 1.165) is 28.4 Å². The van der Waals surface area contributed by atoms with Crippen molar-refractivity contribution in [2.45, 2.75) is 40.0 Å². The smallest absolute Gasteiger partial charge is 0.312 e. The highest BCUT2D eigenvalue weighted by atomic mass is 16.5. The Morgan fingerprint density at radius 1 is 1.16 bits per heavy atom. The van der Waals surface area contributed by atoms with Crippen molar-refractivity contribution in [2.24, 2.45) is 5.41 Å². The van der Waals surface area contributed by atoms with E-state index in [4.69, 9.17) is 4.74 Å². The van der Waals surface area contributed by atoms with Crippen molar-refractivity contribution in [3.63, 3.8) is 0 Å². The van der Waals surface area contributed by atoms with Crippen LogP contribution in [-0.4, -0.2) is 36.8 Å². The Kier molecular flexibility index (Phi) is 5.85. The van der Waals surface area contributed by atoms with Crippen LogP contribution < -0.4 is 0 Å². The van der Waals surface area contributed by atoms with E-state index >= 15 is 0 Å². The molecule has 0 fully saturated rings. The topological polar surface area (TPSA) is 91.9 Å². The minimum atomic E-state index is -0.578. The van der Waals surface area contributed by atoms with E-state index < -0.39 is 5.41 Å². The van der Waals surface area contributed by atoms with Gasteiger partial charge in [-0.15, -0.1) is 5.10 Å². The van der Waals surface area contributed by atoms with E-state index in [9.17, 15) is 9.59 Å². The van der Waals surface area contributed by atoms with Crippen molar-refractivity contribution in [1.29, 1.82) is 0 Å². The first-order valence-electron chi connectivity index (χ1n) is 10.4. The van der Waals surface area contributed by atoms with Crippen LogP contribution in [0.4, 0.5) is 0 Å². The summed E-state index contributed by atoms with van der Waals surface area (Å²) in [6.45, 7) is 5.50. The van der Waals surface area contributed by atoms with Gasteiger partial charge in [-0.05, 0) is 32.4 Å². The van der Waals surface area contributed by atoms with Crippen molar-refractivity contribution in [2.75, 3.05) is 0 Å². The highest BCUT2D eigenvalue weighted by Gasteiger charge is 2.23. The molecule has 1 atom stereocenters. The molecule has 3 aromatic heterocycles. The number of nitrogens with zero attached hydrogens (tertiary/aromatic N) is 5. The summed E-state index contributed by atoms with van der Waals surface area (Å²) in [6.07, 6.45) is 8.41. The minimum absolute atomic E-state index is 0.0619. The molecule has 32 heavy (non-hydrogen) atoms. The van der Waals surface area contributed by atoms with Gasteiger partial charge in [-0.1, -0.05) is 30.3 Å². The lowest BCUT2D eigenvalue weighted by atomic mass is 9.98. The fourth-order valence-corrected chi connectivity index (χ4v) is 3.49. The summed E-state index contributed by atoms with van der Waals surface area (Å²) in [4.78, 5) is 23.4. The minimum Gasteiger partial charge on any atom is -0.443 e. The number of rotatable bonds is 7. The second kappa shape index (κ2) is 8.74. The van der Waals surface area contributed by atoms with Crippen LogP contribution in [0.5, 0.6) is 0 Å². The molecule has 4 aromatic rings. The number of ether oxygens (including phenoxy) is 1. The second-order valence-corrected chi connectivity index (χ2v) is 8.63. The number of aldehydes is 1. The fraction of sp³-hybridized carbons (Fsp3) is 0.292. The Labute approximate surface area is 185 Å². The number of carbonyl (C=O) groups is 2. The van der Waals surface area contributed by atoms with Gasteiger partial charge in [0.2, 0.25) is 0 Å². The average molecular weight is 431 g/mol. The first kappa shape index (κ1) is 21.4. The molecular weight excluding hydrogens is 406 g/mol. The van der Waals surface area contributed by atoms with Gasteiger partial charge in [-0.25, -0.2) is 0 Å². The van der Waals surface area contributed by atoms with Gasteiger partial charge < -0.3 is 9.53 Å². The Balaban J connectivity index is 1.64. The predicted octanol–water partition coefficient (Wildman–Crippen LogP) is 4.02. The van der Waals surface area contributed by atoms with Crippen LogP contribution in [0.25, 0.3) is 22.2 Å². The standard InChI is InChI=1S/C24H25N5O3/c1-24(2,3)23(31)32-16-28-11-9-19-20(14-25-27-22(19)28)18-13-26-29(15-18)21(10-12-30)17-7-5-4-6-8-17/h4-9,11-15,21H,10,16H2,1-3H3/t21-/m1/s1. The Bertz CT molecular complexity index is 1240. The Morgan fingerprint density at radius 3 is 2.66 bits per heavy atom. The predicted molar refractivity (Wildman–Crippen MR) is 120 cm³/mol. The summed E-state index contributed by atoms with van der Waals surface area (Å²) >= 11 is 0. The van der Waals surface area contributed by atoms with Crippen LogP contribution in [-0.2, 0) is 21.1 Å². The average Bonchev–Trinajstić information content (AvgIpc) is 3.43. The van der Waals surface area contributed by atoms with E-state index in [1.807, 2.05) is 69.6 Å². The molecule has 0 amide bonds. The van der Waals surface area contributed by atoms with Crippen LogP contribution in [0.2, 0.25) is 0 Å². The second-order valence-electron chi connectivity index (χ2n) is 8.63. The zero-order chi connectivity index (χ0) is 22.7. The molecule has 0 aliphatic rings. The van der Waals surface area contributed by atoms with Crippen LogP contribution >= 0.6 is 0 Å². The Morgan fingerprint density at radius 2 is 1.94 bits per heavy atom. The Hall–Kier alpha value is -3.81. The molecule has 0 aliphatic heterocycles. The summed E-state index contributed by atoms with van der Waals surface area (Å²) < 4.78 is 8.97. The number of hydrogen-bond acceptors (Lipinski definition) is 6. The van der Waals surface area contributed by atoms with Gasteiger partial charge in [0.05, 0.1) is 23.9 Å². The first-order valence-corrected chi connectivity index (χ1v) is 10.4. The van der Waals surface area contributed by atoms with Crippen LogP contribution in [0, 0.1) is 5.41 Å². The largest absolute Gasteiger partial charge is 0.443 e. The van der Waals surface area contributed by atoms with Gasteiger partial charge in [-0.3, -0.25) is 14.0 Å². The third-order valence-corrected chi connectivity index (χ3v) is 5.25. The maximum Gasteiger partial charge on any atom is 0.312 e. The molecule has 0 unspecified atom stereocenters. The molecule has 1 aromatic carbocycles. The number of benzene rings is 1. The van der Waals surface area contributed by atoms with Gasteiger partial charge in [-0.2, -0.15) is 10.2 Å². The molecular formula is C24H25N5O3. The molecule has 0 saturated carbocycles. The molecule has 0 aliphatic carbocycles. The molecule has 8 heteroatoms.